The molecule has 2 heterocycles. The molecular formula is C16H20Cl2N4OS2. The van der Waals surface area contributed by atoms with Crippen LogP contribution < -0.4 is 16.0 Å². The van der Waals surface area contributed by atoms with E-state index in [-0.39, 0.29) is 36.8 Å². The maximum atomic E-state index is 12.1. The van der Waals surface area contributed by atoms with E-state index in [0.29, 0.717) is 11.4 Å². The van der Waals surface area contributed by atoms with Crippen molar-refractivity contribution < 1.29 is 4.79 Å². The van der Waals surface area contributed by atoms with Gasteiger partial charge < -0.3 is 16.0 Å². The molecule has 0 aliphatic rings. The molecule has 25 heavy (non-hydrogen) atoms. The number of benzene rings is 1. The first-order valence-corrected chi connectivity index (χ1v) is 8.97. The number of fused-ring (bicyclic) bond motifs is 1. The molecule has 1 aromatic carbocycles. The first-order chi connectivity index (χ1) is 11.2. The molecule has 0 radical (unpaired) electrons. The molecule has 0 aliphatic carbocycles. The third-order valence-corrected chi connectivity index (χ3v) is 5.47. The molecule has 2 aromatic heterocycles. The molecule has 0 fully saturated rings. The molecule has 3 N–H and O–H groups in total. The summed E-state index contributed by atoms with van der Waals surface area (Å²) in [5.74, 6) is -0.0418. The number of anilines is 2. The molecule has 9 heteroatoms. The fraction of sp³-hybridized carbons (Fsp3) is 0.250. The Morgan fingerprint density at radius 2 is 1.92 bits per heavy atom. The van der Waals surface area contributed by atoms with Gasteiger partial charge in [-0.15, -0.1) is 36.2 Å². The lowest BCUT2D eigenvalue weighted by Gasteiger charge is -2.10. The normalized spacial score (nSPS) is 11.3. The number of thiophene rings is 1. The van der Waals surface area contributed by atoms with Crippen LogP contribution in [0.1, 0.15) is 16.6 Å². The van der Waals surface area contributed by atoms with Gasteiger partial charge in [-0.2, -0.15) is 0 Å². The number of likely N-dealkylation sites (N-methyl/N-ethyl adjacent to an activating group) is 1. The van der Waals surface area contributed by atoms with Gasteiger partial charge in [-0.25, -0.2) is 4.98 Å². The van der Waals surface area contributed by atoms with Gasteiger partial charge in [0.25, 0.3) is 5.91 Å². The van der Waals surface area contributed by atoms with Crippen molar-refractivity contribution in [3.8, 4) is 0 Å². The fourth-order valence-electron chi connectivity index (χ4n) is 1.98. The van der Waals surface area contributed by atoms with E-state index in [1.54, 1.807) is 11.3 Å². The average Bonchev–Trinajstić information content (AvgIpc) is 3.11. The molecule has 1 atom stereocenters. The second kappa shape index (κ2) is 9.94. The highest BCUT2D eigenvalue weighted by molar-refractivity contribution is 7.29. The van der Waals surface area contributed by atoms with Crippen LogP contribution in [0, 0.1) is 0 Å². The molecule has 0 saturated heterocycles. The Kier molecular flexibility index (Phi) is 8.61. The van der Waals surface area contributed by atoms with Crippen LogP contribution in [0.15, 0.2) is 36.4 Å². The molecule has 3 aromatic rings. The summed E-state index contributed by atoms with van der Waals surface area (Å²) in [6.45, 7) is 2.63. The quantitative estimate of drug-likeness (QED) is 0.558. The molecule has 136 valence electrons. The maximum absolute atomic E-state index is 12.1. The molecule has 1 unspecified atom stereocenters. The predicted octanol–water partition coefficient (Wildman–Crippen LogP) is 4.28. The lowest BCUT2D eigenvalue weighted by atomic mass is 10.3. The lowest BCUT2D eigenvalue weighted by Crippen LogP contribution is -2.36. The molecule has 1 amide bonds. The summed E-state index contributed by atoms with van der Waals surface area (Å²) in [7, 11) is 1.88. The zero-order chi connectivity index (χ0) is 16.2. The maximum Gasteiger partial charge on any atom is 0.261 e. The van der Waals surface area contributed by atoms with Crippen molar-refractivity contribution in [3.05, 3.63) is 41.3 Å². The van der Waals surface area contributed by atoms with Gasteiger partial charge >= 0.3 is 0 Å². The first-order valence-electron chi connectivity index (χ1n) is 7.33. The third kappa shape index (κ3) is 5.55. The smallest absolute Gasteiger partial charge is 0.261 e. The summed E-state index contributed by atoms with van der Waals surface area (Å²) in [5, 5.41) is 10.1. The van der Waals surface area contributed by atoms with Gasteiger partial charge in [0.05, 0.1) is 9.58 Å². The van der Waals surface area contributed by atoms with E-state index in [0.717, 1.165) is 20.3 Å². The number of aromatic nitrogens is 1. The van der Waals surface area contributed by atoms with Crippen LogP contribution in [0.2, 0.25) is 0 Å². The Morgan fingerprint density at radius 3 is 2.56 bits per heavy atom. The summed E-state index contributed by atoms with van der Waals surface area (Å²) >= 11 is 2.98. The number of carbonyl (C=O) groups excluding carboxylic acids is 1. The molecule has 0 bridgehead atoms. The first kappa shape index (κ1) is 21.7. The monoisotopic (exact) mass is 418 g/mol. The van der Waals surface area contributed by atoms with Crippen molar-refractivity contribution in [2.24, 2.45) is 0 Å². The van der Waals surface area contributed by atoms with Crippen LogP contribution in [0.5, 0.6) is 0 Å². The zero-order valence-corrected chi connectivity index (χ0v) is 17.0. The van der Waals surface area contributed by atoms with Crippen molar-refractivity contribution in [1.29, 1.82) is 0 Å². The third-order valence-electron chi connectivity index (χ3n) is 3.40. The Balaban J connectivity index is 0.00000156. The lowest BCUT2D eigenvalue weighted by molar-refractivity contribution is 0.0954. The van der Waals surface area contributed by atoms with Crippen LogP contribution in [-0.2, 0) is 0 Å². The minimum Gasteiger partial charge on any atom is -0.350 e. The van der Waals surface area contributed by atoms with Crippen molar-refractivity contribution in [2.45, 2.75) is 13.0 Å². The van der Waals surface area contributed by atoms with Crippen LogP contribution in [-0.4, -0.2) is 30.5 Å². The predicted molar refractivity (Wildman–Crippen MR) is 113 cm³/mol. The minimum absolute atomic E-state index is 0. The number of halogens is 2. The van der Waals surface area contributed by atoms with E-state index in [9.17, 15) is 4.79 Å². The van der Waals surface area contributed by atoms with Crippen molar-refractivity contribution in [2.75, 3.05) is 18.9 Å². The number of para-hydroxylation sites is 1. The SMILES string of the molecule is CNC(C)CNC(=O)c1cc2sc(Nc3ccccc3)nc2s1.Cl.Cl. The fourth-order valence-corrected chi connectivity index (χ4v) is 4.03. The van der Waals surface area contributed by atoms with Crippen LogP contribution in [0.4, 0.5) is 10.8 Å². The van der Waals surface area contributed by atoms with E-state index in [1.165, 1.54) is 11.3 Å². The molecular weight excluding hydrogens is 399 g/mol. The number of rotatable bonds is 6. The van der Waals surface area contributed by atoms with E-state index in [2.05, 4.69) is 20.9 Å². The topological polar surface area (TPSA) is 66.0 Å². The van der Waals surface area contributed by atoms with Crippen LogP contribution >= 0.6 is 47.5 Å². The number of nitrogens with one attached hydrogen (secondary N) is 3. The van der Waals surface area contributed by atoms with Gasteiger partial charge in [0, 0.05) is 18.3 Å². The van der Waals surface area contributed by atoms with Crippen molar-refractivity contribution in [3.63, 3.8) is 0 Å². The number of nitrogens with zero attached hydrogens (tertiary/aromatic N) is 1. The molecule has 0 spiro atoms. The van der Waals surface area contributed by atoms with Gasteiger partial charge in [0.2, 0.25) is 0 Å². The Morgan fingerprint density at radius 1 is 1.20 bits per heavy atom. The number of hydrogen-bond donors (Lipinski definition) is 3. The highest BCUT2D eigenvalue weighted by Crippen LogP contribution is 2.34. The van der Waals surface area contributed by atoms with Gasteiger partial charge in [0.15, 0.2) is 5.13 Å². The van der Waals surface area contributed by atoms with E-state index >= 15 is 0 Å². The zero-order valence-electron chi connectivity index (χ0n) is 13.7. The summed E-state index contributed by atoms with van der Waals surface area (Å²) in [4.78, 5) is 18.3. The van der Waals surface area contributed by atoms with E-state index in [4.69, 9.17) is 0 Å². The standard InChI is InChI=1S/C16H18N4OS2.2ClH/c1-10(17-2)9-18-14(21)12-8-13-15(22-12)20-16(23-13)19-11-6-4-3-5-7-11;;/h3-8,10,17H,9H2,1-2H3,(H,18,21)(H,19,20);2*1H. The summed E-state index contributed by atoms with van der Waals surface area (Å²) in [6, 6.07) is 12.1. The minimum atomic E-state index is -0.0418. The van der Waals surface area contributed by atoms with Crippen molar-refractivity contribution in [1.82, 2.24) is 15.6 Å². The van der Waals surface area contributed by atoms with Gasteiger partial charge in [-0.3, -0.25) is 4.79 Å². The Hall–Kier alpha value is -1.38. The van der Waals surface area contributed by atoms with Crippen molar-refractivity contribution >= 4 is 73.7 Å². The second-order valence-corrected chi connectivity index (χ2v) is 7.25. The number of carbonyl (C=O) groups is 1. The van der Waals surface area contributed by atoms with E-state index < -0.39 is 0 Å². The average molecular weight is 419 g/mol. The highest BCUT2D eigenvalue weighted by Gasteiger charge is 2.14. The molecule has 3 rings (SSSR count). The molecule has 0 saturated carbocycles. The van der Waals surface area contributed by atoms with E-state index in [1.807, 2.05) is 50.4 Å². The molecule has 5 nitrogen and oxygen atoms in total. The highest BCUT2D eigenvalue weighted by atomic mass is 35.5. The molecule has 0 aliphatic heterocycles. The number of amides is 1. The van der Waals surface area contributed by atoms with Gasteiger partial charge in [-0.1, -0.05) is 29.5 Å². The van der Waals surface area contributed by atoms with Gasteiger partial charge in [-0.05, 0) is 32.2 Å². The largest absolute Gasteiger partial charge is 0.350 e. The Labute approximate surface area is 167 Å². The summed E-state index contributed by atoms with van der Waals surface area (Å²) < 4.78 is 1.03. The number of hydrogen-bond acceptors (Lipinski definition) is 6. The second-order valence-electron chi connectivity index (χ2n) is 5.19. The van der Waals surface area contributed by atoms with Gasteiger partial charge in [0.1, 0.15) is 4.83 Å². The Bertz CT molecular complexity index is 775. The summed E-state index contributed by atoms with van der Waals surface area (Å²) in [5.41, 5.74) is 1.01. The summed E-state index contributed by atoms with van der Waals surface area (Å²) in [6.07, 6.45) is 0. The van der Waals surface area contributed by atoms with Crippen LogP contribution in [0.25, 0.3) is 9.53 Å². The number of thiazole rings is 1. The van der Waals surface area contributed by atoms with Crippen LogP contribution in [0.3, 0.4) is 0 Å².